The van der Waals surface area contributed by atoms with Crippen LogP contribution < -0.4 is 10.1 Å². The molecule has 0 aliphatic heterocycles. The Balaban J connectivity index is 1.91. The number of nitro benzene ring substituents is 1. The maximum Gasteiger partial charge on any atom is 0.325 e. The fourth-order valence-corrected chi connectivity index (χ4v) is 2.64. The number of nitrogens with one attached hydrogen (secondary N) is 1. The van der Waals surface area contributed by atoms with Crippen molar-refractivity contribution >= 4 is 23.3 Å². The van der Waals surface area contributed by atoms with Crippen LogP contribution in [0.1, 0.15) is 32.1 Å². The first kappa shape index (κ1) is 21.6. The van der Waals surface area contributed by atoms with Crippen LogP contribution >= 0.6 is 0 Å². The lowest BCUT2D eigenvalue weighted by Crippen LogP contribution is -2.31. The van der Waals surface area contributed by atoms with E-state index in [1.165, 1.54) is 19.2 Å². The molecule has 0 unspecified atom stereocenters. The van der Waals surface area contributed by atoms with E-state index in [2.05, 4.69) is 5.32 Å². The molecule has 154 valence electrons. The molecule has 1 heterocycles. The third kappa shape index (κ3) is 4.98. The van der Waals surface area contributed by atoms with Gasteiger partial charge >= 0.3 is 11.7 Å². The second-order valence-corrected chi connectivity index (χ2v) is 6.25. The average molecular weight is 403 g/mol. The summed E-state index contributed by atoms with van der Waals surface area (Å²) in [7, 11) is 3.10. The normalized spacial score (nSPS) is 10.3. The minimum Gasteiger partial charge on any atom is -0.490 e. The minimum atomic E-state index is -0.806. The number of hydrogen-bond donors (Lipinski definition) is 1. The topological polar surface area (TPSA) is 130 Å². The second-order valence-electron chi connectivity index (χ2n) is 6.25. The van der Waals surface area contributed by atoms with Crippen molar-refractivity contribution in [3.8, 4) is 5.75 Å². The summed E-state index contributed by atoms with van der Waals surface area (Å²) in [6.07, 6.45) is 0. The van der Waals surface area contributed by atoms with E-state index in [9.17, 15) is 24.5 Å². The van der Waals surface area contributed by atoms with Gasteiger partial charge in [-0.3, -0.25) is 24.5 Å². The molecule has 10 heteroatoms. The fourth-order valence-electron chi connectivity index (χ4n) is 2.64. The number of nitro groups is 1. The maximum atomic E-state index is 12.2. The Morgan fingerprint density at radius 1 is 1.21 bits per heavy atom. The number of nitrogens with zero attached hydrogens (tertiary/aromatic N) is 2. The molecule has 0 aliphatic carbocycles. The summed E-state index contributed by atoms with van der Waals surface area (Å²) in [5.74, 6) is -1.85. The van der Waals surface area contributed by atoms with E-state index in [1.54, 1.807) is 13.0 Å². The van der Waals surface area contributed by atoms with Gasteiger partial charge in [0.15, 0.2) is 12.4 Å². The quantitative estimate of drug-likeness (QED) is 0.307. The molecule has 0 bridgehead atoms. The molecular formula is C19H21N3O7. The predicted octanol–water partition coefficient (Wildman–Crippen LogP) is 1.71. The SMILES string of the molecule is COc1ccc(C(=O)NCC(=O)OCC(=O)c2cc(C)n(C)c2C)cc1[N+](=O)[O-]. The number of rotatable bonds is 8. The fraction of sp³-hybridized carbons (Fsp3) is 0.316. The number of ketones is 1. The lowest BCUT2D eigenvalue weighted by Gasteiger charge is -2.07. The summed E-state index contributed by atoms with van der Waals surface area (Å²) >= 11 is 0. The van der Waals surface area contributed by atoms with Crippen molar-refractivity contribution in [2.75, 3.05) is 20.3 Å². The van der Waals surface area contributed by atoms with Gasteiger partial charge in [0, 0.05) is 35.6 Å². The maximum absolute atomic E-state index is 12.2. The number of aromatic nitrogens is 1. The third-order valence-corrected chi connectivity index (χ3v) is 4.47. The molecule has 0 atom stereocenters. The monoisotopic (exact) mass is 403 g/mol. The Morgan fingerprint density at radius 2 is 1.90 bits per heavy atom. The van der Waals surface area contributed by atoms with Crippen LogP contribution in [-0.2, 0) is 16.6 Å². The zero-order valence-electron chi connectivity index (χ0n) is 16.5. The van der Waals surface area contributed by atoms with E-state index in [0.29, 0.717) is 5.56 Å². The number of carbonyl (C=O) groups is 3. The molecule has 0 saturated heterocycles. The number of methoxy groups -OCH3 is 1. The van der Waals surface area contributed by atoms with E-state index in [0.717, 1.165) is 17.5 Å². The third-order valence-electron chi connectivity index (χ3n) is 4.47. The van der Waals surface area contributed by atoms with Gasteiger partial charge in [-0.05, 0) is 32.0 Å². The molecule has 29 heavy (non-hydrogen) atoms. The zero-order chi connectivity index (χ0) is 21.7. The first-order valence-electron chi connectivity index (χ1n) is 8.58. The van der Waals surface area contributed by atoms with Crippen LogP contribution in [0.25, 0.3) is 0 Å². The van der Waals surface area contributed by atoms with Crippen LogP contribution in [0.15, 0.2) is 24.3 Å². The average Bonchev–Trinajstić information content (AvgIpc) is 2.96. The van der Waals surface area contributed by atoms with Crippen molar-refractivity contribution in [1.82, 2.24) is 9.88 Å². The van der Waals surface area contributed by atoms with Crippen LogP contribution in [-0.4, -0.2) is 47.4 Å². The van der Waals surface area contributed by atoms with Crippen LogP contribution in [0.5, 0.6) is 5.75 Å². The van der Waals surface area contributed by atoms with Crippen molar-refractivity contribution in [2.45, 2.75) is 13.8 Å². The highest BCUT2D eigenvalue weighted by Gasteiger charge is 2.19. The number of Topliss-reactive ketones (excluding diaryl/α,β-unsaturated/α-hetero) is 1. The van der Waals surface area contributed by atoms with E-state index in [-0.39, 0.29) is 22.8 Å². The number of hydrogen-bond acceptors (Lipinski definition) is 7. The molecule has 2 aromatic rings. The predicted molar refractivity (Wildman–Crippen MR) is 102 cm³/mol. The van der Waals surface area contributed by atoms with E-state index < -0.39 is 30.0 Å². The molecule has 0 radical (unpaired) electrons. The molecule has 1 N–H and O–H groups in total. The first-order chi connectivity index (χ1) is 13.6. The smallest absolute Gasteiger partial charge is 0.325 e. The lowest BCUT2D eigenvalue weighted by atomic mass is 10.1. The number of benzene rings is 1. The number of ether oxygens (including phenoxy) is 2. The Hall–Kier alpha value is -3.69. The van der Waals surface area contributed by atoms with Gasteiger partial charge in [-0.25, -0.2) is 0 Å². The second kappa shape index (κ2) is 9.00. The highest BCUT2D eigenvalue weighted by molar-refractivity contribution is 6.00. The number of esters is 1. The Morgan fingerprint density at radius 3 is 2.45 bits per heavy atom. The molecular weight excluding hydrogens is 382 g/mol. The van der Waals surface area contributed by atoms with Gasteiger partial charge in [-0.1, -0.05) is 0 Å². The summed E-state index contributed by atoms with van der Waals surface area (Å²) in [5, 5.41) is 13.3. The zero-order valence-corrected chi connectivity index (χ0v) is 16.5. The largest absolute Gasteiger partial charge is 0.490 e. The summed E-state index contributed by atoms with van der Waals surface area (Å²) in [4.78, 5) is 46.5. The summed E-state index contributed by atoms with van der Waals surface area (Å²) < 4.78 is 11.6. The van der Waals surface area contributed by atoms with Gasteiger partial charge in [0.25, 0.3) is 5.91 Å². The Kier molecular flexibility index (Phi) is 6.71. The summed E-state index contributed by atoms with van der Waals surface area (Å²) in [6.45, 7) is 2.71. The highest BCUT2D eigenvalue weighted by atomic mass is 16.6. The van der Waals surface area contributed by atoms with Crippen molar-refractivity contribution in [3.05, 3.63) is 56.9 Å². The Labute approximate surface area is 166 Å². The summed E-state index contributed by atoms with van der Waals surface area (Å²) in [5.41, 5.74) is 1.74. The Bertz CT molecular complexity index is 978. The molecule has 0 aliphatic rings. The van der Waals surface area contributed by atoms with Crippen molar-refractivity contribution in [1.29, 1.82) is 0 Å². The summed E-state index contributed by atoms with van der Waals surface area (Å²) in [6, 6.07) is 5.37. The number of carbonyl (C=O) groups excluding carboxylic acids is 3. The van der Waals surface area contributed by atoms with Gasteiger partial charge in [-0.15, -0.1) is 0 Å². The molecule has 10 nitrogen and oxygen atoms in total. The molecule has 1 aromatic carbocycles. The molecule has 1 amide bonds. The van der Waals surface area contributed by atoms with Gasteiger partial charge in [0.1, 0.15) is 6.54 Å². The van der Waals surface area contributed by atoms with Crippen LogP contribution in [0.4, 0.5) is 5.69 Å². The van der Waals surface area contributed by atoms with Crippen LogP contribution in [0.2, 0.25) is 0 Å². The van der Waals surface area contributed by atoms with Crippen LogP contribution in [0, 0.1) is 24.0 Å². The molecule has 2 rings (SSSR count). The van der Waals surface area contributed by atoms with Gasteiger partial charge < -0.3 is 19.4 Å². The van der Waals surface area contributed by atoms with E-state index in [1.807, 2.05) is 18.5 Å². The van der Waals surface area contributed by atoms with Crippen molar-refractivity contribution < 1.29 is 28.8 Å². The van der Waals surface area contributed by atoms with E-state index >= 15 is 0 Å². The number of amides is 1. The molecule has 0 spiro atoms. The standard InChI is InChI=1S/C19H21N3O7/c1-11-7-14(12(2)21(11)3)16(23)10-29-18(24)9-20-19(25)13-5-6-17(28-4)15(8-13)22(26)27/h5-8H,9-10H2,1-4H3,(H,20,25). The van der Waals surface area contributed by atoms with Gasteiger partial charge in [-0.2, -0.15) is 0 Å². The van der Waals surface area contributed by atoms with E-state index in [4.69, 9.17) is 9.47 Å². The van der Waals surface area contributed by atoms with Crippen LogP contribution in [0.3, 0.4) is 0 Å². The minimum absolute atomic E-state index is 0.0101. The number of aryl methyl sites for hydroxylation is 1. The van der Waals surface area contributed by atoms with Crippen molar-refractivity contribution in [2.24, 2.45) is 7.05 Å². The lowest BCUT2D eigenvalue weighted by molar-refractivity contribution is -0.385. The molecule has 0 saturated carbocycles. The van der Waals surface area contributed by atoms with Gasteiger partial charge in [0.05, 0.1) is 12.0 Å². The molecule has 0 fully saturated rings. The highest BCUT2D eigenvalue weighted by Crippen LogP contribution is 2.27. The van der Waals surface area contributed by atoms with Crippen molar-refractivity contribution in [3.63, 3.8) is 0 Å². The van der Waals surface area contributed by atoms with Gasteiger partial charge in [0.2, 0.25) is 5.78 Å². The molecule has 1 aromatic heterocycles. The first-order valence-corrected chi connectivity index (χ1v) is 8.58.